The van der Waals surface area contributed by atoms with Gasteiger partial charge in [-0.3, -0.25) is 0 Å². The van der Waals surface area contributed by atoms with Crippen LogP contribution in [0.1, 0.15) is 16.7 Å². The molecule has 0 saturated heterocycles. The Morgan fingerprint density at radius 2 is 1.82 bits per heavy atom. The Kier molecular flexibility index (Phi) is 3.80. The van der Waals surface area contributed by atoms with Crippen molar-refractivity contribution in [3.8, 4) is 6.07 Å². The van der Waals surface area contributed by atoms with Crippen molar-refractivity contribution >= 4 is 11.6 Å². The molecule has 0 fully saturated rings. The van der Waals surface area contributed by atoms with Gasteiger partial charge in [-0.25, -0.2) is 0 Å². The van der Waals surface area contributed by atoms with E-state index in [0.29, 0.717) is 0 Å². The molecule has 0 heterocycles. The SMILES string of the molecule is N#Cc1ccccc1CCc1cccc(Cl)c1. The Morgan fingerprint density at radius 1 is 1.00 bits per heavy atom. The molecule has 0 atom stereocenters. The molecule has 0 unspecified atom stereocenters. The van der Waals surface area contributed by atoms with Crippen molar-refractivity contribution in [2.45, 2.75) is 12.8 Å². The minimum absolute atomic E-state index is 0.759. The fourth-order valence-corrected chi connectivity index (χ4v) is 2.03. The van der Waals surface area contributed by atoms with Gasteiger partial charge in [-0.15, -0.1) is 0 Å². The van der Waals surface area contributed by atoms with Crippen LogP contribution in [0, 0.1) is 11.3 Å². The number of hydrogen-bond donors (Lipinski definition) is 0. The van der Waals surface area contributed by atoms with E-state index in [0.717, 1.165) is 29.0 Å². The standard InChI is InChI=1S/C15H12ClN/c16-15-7-3-4-12(10-15)8-9-13-5-1-2-6-14(13)11-17/h1-7,10H,8-9H2. The minimum Gasteiger partial charge on any atom is -0.192 e. The predicted molar refractivity (Wildman–Crippen MR) is 70.0 cm³/mol. The lowest BCUT2D eigenvalue weighted by atomic mass is 10.0. The van der Waals surface area contributed by atoms with Crippen LogP contribution in [0.3, 0.4) is 0 Å². The van der Waals surface area contributed by atoms with Crippen molar-refractivity contribution < 1.29 is 0 Å². The maximum absolute atomic E-state index is 8.99. The van der Waals surface area contributed by atoms with E-state index in [1.165, 1.54) is 5.56 Å². The third-order valence-corrected chi connectivity index (χ3v) is 2.94. The molecule has 0 N–H and O–H groups in total. The van der Waals surface area contributed by atoms with E-state index in [4.69, 9.17) is 16.9 Å². The Hall–Kier alpha value is -1.78. The molecule has 0 radical (unpaired) electrons. The summed E-state index contributed by atoms with van der Waals surface area (Å²) in [4.78, 5) is 0. The van der Waals surface area contributed by atoms with Crippen LogP contribution >= 0.6 is 11.6 Å². The van der Waals surface area contributed by atoms with E-state index >= 15 is 0 Å². The number of halogens is 1. The molecule has 0 aliphatic carbocycles. The van der Waals surface area contributed by atoms with Crippen LogP contribution in [-0.2, 0) is 12.8 Å². The highest BCUT2D eigenvalue weighted by molar-refractivity contribution is 6.30. The zero-order chi connectivity index (χ0) is 12.1. The van der Waals surface area contributed by atoms with Crippen LogP contribution in [0.25, 0.3) is 0 Å². The smallest absolute Gasteiger partial charge is 0.0994 e. The van der Waals surface area contributed by atoms with Gasteiger partial charge >= 0.3 is 0 Å². The van der Waals surface area contributed by atoms with Gasteiger partial charge in [-0.2, -0.15) is 5.26 Å². The van der Waals surface area contributed by atoms with E-state index in [9.17, 15) is 0 Å². The van der Waals surface area contributed by atoms with Gasteiger partial charge in [-0.05, 0) is 42.2 Å². The summed E-state index contributed by atoms with van der Waals surface area (Å²) < 4.78 is 0. The van der Waals surface area contributed by atoms with Gasteiger partial charge in [0.15, 0.2) is 0 Å². The van der Waals surface area contributed by atoms with Crippen molar-refractivity contribution in [3.63, 3.8) is 0 Å². The van der Waals surface area contributed by atoms with E-state index in [-0.39, 0.29) is 0 Å². The molecule has 0 bridgehead atoms. The third-order valence-electron chi connectivity index (χ3n) is 2.71. The van der Waals surface area contributed by atoms with E-state index in [1.54, 1.807) is 0 Å². The lowest BCUT2D eigenvalue weighted by Gasteiger charge is -2.04. The molecule has 2 aromatic carbocycles. The van der Waals surface area contributed by atoms with Gasteiger partial charge in [0, 0.05) is 5.02 Å². The van der Waals surface area contributed by atoms with Crippen LogP contribution in [0.15, 0.2) is 48.5 Å². The summed E-state index contributed by atoms with van der Waals surface area (Å²) in [5.41, 5.74) is 3.05. The predicted octanol–water partition coefficient (Wildman–Crippen LogP) is 4.00. The molecule has 0 spiro atoms. The average molecular weight is 242 g/mol. The van der Waals surface area contributed by atoms with Gasteiger partial charge in [-0.1, -0.05) is 41.9 Å². The van der Waals surface area contributed by atoms with Crippen molar-refractivity contribution in [2.24, 2.45) is 0 Å². The van der Waals surface area contributed by atoms with Crippen LogP contribution < -0.4 is 0 Å². The fraction of sp³-hybridized carbons (Fsp3) is 0.133. The van der Waals surface area contributed by atoms with Gasteiger partial charge in [0.25, 0.3) is 0 Å². The normalized spacial score (nSPS) is 9.88. The van der Waals surface area contributed by atoms with E-state index in [1.807, 2.05) is 42.5 Å². The molecule has 0 amide bonds. The Balaban J connectivity index is 2.10. The number of rotatable bonds is 3. The Labute approximate surface area is 106 Å². The third kappa shape index (κ3) is 3.09. The van der Waals surface area contributed by atoms with Crippen LogP contribution in [0.5, 0.6) is 0 Å². The summed E-state index contributed by atoms with van der Waals surface area (Å²) in [6.45, 7) is 0. The van der Waals surface area contributed by atoms with Crippen molar-refractivity contribution in [3.05, 3.63) is 70.2 Å². The summed E-state index contributed by atoms with van der Waals surface area (Å²) in [5.74, 6) is 0. The summed E-state index contributed by atoms with van der Waals surface area (Å²) >= 11 is 5.93. The second kappa shape index (κ2) is 5.52. The first-order valence-corrected chi connectivity index (χ1v) is 5.90. The summed E-state index contributed by atoms with van der Waals surface area (Å²) in [5, 5.41) is 9.75. The van der Waals surface area contributed by atoms with Crippen LogP contribution in [0.4, 0.5) is 0 Å². The number of nitrogens with zero attached hydrogens (tertiary/aromatic N) is 1. The van der Waals surface area contributed by atoms with Gasteiger partial charge < -0.3 is 0 Å². The molecule has 17 heavy (non-hydrogen) atoms. The first-order chi connectivity index (χ1) is 8.29. The molecule has 84 valence electrons. The van der Waals surface area contributed by atoms with Gasteiger partial charge in [0.1, 0.15) is 0 Å². The topological polar surface area (TPSA) is 23.8 Å². The summed E-state index contributed by atoms with van der Waals surface area (Å²) in [6.07, 6.45) is 1.77. The largest absolute Gasteiger partial charge is 0.192 e. The average Bonchev–Trinajstić information content (AvgIpc) is 2.37. The fourth-order valence-electron chi connectivity index (χ4n) is 1.82. The zero-order valence-corrected chi connectivity index (χ0v) is 10.1. The maximum atomic E-state index is 8.99. The molecule has 0 aromatic heterocycles. The van der Waals surface area contributed by atoms with E-state index in [2.05, 4.69) is 12.1 Å². The lowest BCUT2D eigenvalue weighted by molar-refractivity contribution is 0.956. The monoisotopic (exact) mass is 241 g/mol. The van der Waals surface area contributed by atoms with Crippen molar-refractivity contribution in [2.75, 3.05) is 0 Å². The summed E-state index contributed by atoms with van der Waals surface area (Å²) in [6, 6.07) is 17.8. The van der Waals surface area contributed by atoms with Crippen molar-refractivity contribution in [1.29, 1.82) is 5.26 Å². The van der Waals surface area contributed by atoms with Gasteiger partial charge in [0.05, 0.1) is 11.6 Å². The van der Waals surface area contributed by atoms with Crippen LogP contribution in [-0.4, -0.2) is 0 Å². The minimum atomic E-state index is 0.759. The van der Waals surface area contributed by atoms with Crippen LogP contribution in [0.2, 0.25) is 5.02 Å². The first kappa shape index (κ1) is 11.7. The first-order valence-electron chi connectivity index (χ1n) is 5.52. The molecule has 0 aliphatic heterocycles. The highest BCUT2D eigenvalue weighted by Gasteiger charge is 2.01. The quantitative estimate of drug-likeness (QED) is 0.797. The molecule has 2 aromatic rings. The second-order valence-electron chi connectivity index (χ2n) is 3.90. The molecule has 2 heteroatoms. The Bertz CT molecular complexity index is 555. The molecule has 0 aliphatic rings. The number of benzene rings is 2. The zero-order valence-electron chi connectivity index (χ0n) is 9.36. The highest BCUT2D eigenvalue weighted by Crippen LogP contribution is 2.15. The van der Waals surface area contributed by atoms with Gasteiger partial charge in [0.2, 0.25) is 0 Å². The second-order valence-corrected chi connectivity index (χ2v) is 4.34. The Morgan fingerprint density at radius 3 is 2.59 bits per heavy atom. The lowest BCUT2D eigenvalue weighted by Crippen LogP contribution is -1.94. The summed E-state index contributed by atoms with van der Waals surface area (Å²) in [7, 11) is 0. The molecule has 1 nitrogen and oxygen atoms in total. The maximum Gasteiger partial charge on any atom is 0.0994 e. The number of aryl methyl sites for hydroxylation is 2. The number of hydrogen-bond acceptors (Lipinski definition) is 1. The molecule has 2 rings (SSSR count). The van der Waals surface area contributed by atoms with E-state index < -0.39 is 0 Å². The number of nitriles is 1. The molecular formula is C15H12ClN. The molecular weight excluding hydrogens is 230 g/mol. The highest BCUT2D eigenvalue weighted by atomic mass is 35.5. The van der Waals surface area contributed by atoms with Crippen molar-refractivity contribution in [1.82, 2.24) is 0 Å². The molecule has 0 saturated carbocycles.